The molecule has 2 aromatic rings. The monoisotopic (exact) mass is 280 g/mol. The van der Waals surface area contributed by atoms with Crippen LogP contribution in [0.5, 0.6) is 0 Å². The molecule has 21 heavy (non-hydrogen) atoms. The molecular formula is C18H20N2O. The quantitative estimate of drug-likeness (QED) is 0.855. The zero-order valence-electron chi connectivity index (χ0n) is 12.4. The number of nitrogens with two attached hydrogens (primary N) is 1. The highest BCUT2D eigenvalue weighted by Gasteiger charge is 2.10. The van der Waals surface area contributed by atoms with E-state index in [0.717, 1.165) is 28.8 Å². The SMILES string of the molecule is CC.Nc1nc(-c2ccccc2C2=CC=CCC=C2)co1. The molecule has 0 unspecified atom stereocenters. The molecule has 0 amide bonds. The summed E-state index contributed by atoms with van der Waals surface area (Å²) >= 11 is 0. The molecular weight excluding hydrogens is 260 g/mol. The second-order valence-electron chi connectivity index (χ2n) is 4.30. The zero-order chi connectivity index (χ0) is 15.1. The van der Waals surface area contributed by atoms with E-state index in [0.29, 0.717) is 0 Å². The van der Waals surface area contributed by atoms with Gasteiger partial charge in [0, 0.05) is 5.56 Å². The molecule has 1 aliphatic carbocycles. The Morgan fingerprint density at radius 2 is 1.86 bits per heavy atom. The fourth-order valence-corrected chi connectivity index (χ4v) is 2.13. The second-order valence-corrected chi connectivity index (χ2v) is 4.30. The highest BCUT2D eigenvalue weighted by atomic mass is 16.4. The smallest absolute Gasteiger partial charge is 0.292 e. The summed E-state index contributed by atoms with van der Waals surface area (Å²) in [5.74, 6) is 0. The molecule has 1 heterocycles. The number of rotatable bonds is 2. The van der Waals surface area contributed by atoms with E-state index in [4.69, 9.17) is 10.2 Å². The summed E-state index contributed by atoms with van der Waals surface area (Å²) < 4.78 is 5.10. The number of hydrogen-bond donors (Lipinski definition) is 1. The van der Waals surface area contributed by atoms with Crippen LogP contribution in [-0.4, -0.2) is 4.98 Å². The Balaban J connectivity index is 0.000000774. The van der Waals surface area contributed by atoms with Crippen molar-refractivity contribution in [3.8, 4) is 11.3 Å². The average Bonchev–Trinajstić information content (AvgIpc) is 2.80. The van der Waals surface area contributed by atoms with Gasteiger partial charge in [0.25, 0.3) is 6.01 Å². The molecule has 0 atom stereocenters. The number of benzene rings is 1. The molecule has 0 spiro atoms. The number of oxazole rings is 1. The minimum atomic E-state index is 0.190. The van der Waals surface area contributed by atoms with Crippen LogP contribution in [0.1, 0.15) is 25.8 Å². The van der Waals surface area contributed by atoms with Crippen LogP contribution in [0.2, 0.25) is 0 Å². The van der Waals surface area contributed by atoms with Crippen molar-refractivity contribution in [3.05, 3.63) is 66.5 Å². The summed E-state index contributed by atoms with van der Waals surface area (Å²) in [6.45, 7) is 4.00. The summed E-state index contributed by atoms with van der Waals surface area (Å²) in [4.78, 5) is 4.20. The van der Waals surface area contributed by atoms with Crippen molar-refractivity contribution in [2.24, 2.45) is 0 Å². The molecule has 3 nitrogen and oxygen atoms in total. The highest BCUT2D eigenvalue weighted by Crippen LogP contribution is 2.30. The molecule has 0 fully saturated rings. The molecule has 0 bridgehead atoms. The van der Waals surface area contributed by atoms with Crippen molar-refractivity contribution in [1.29, 1.82) is 0 Å². The standard InChI is InChI=1S/C16H14N2O.C2H6/c17-16-18-15(11-19-16)14-10-6-5-9-13(14)12-7-3-1-2-4-8-12;1-2/h1,3-11H,2H2,(H2,17,18);1-2H3. The first-order valence-corrected chi connectivity index (χ1v) is 7.19. The van der Waals surface area contributed by atoms with Crippen LogP contribution in [0.3, 0.4) is 0 Å². The van der Waals surface area contributed by atoms with E-state index in [1.165, 1.54) is 0 Å². The van der Waals surface area contributed by atoms with E-state index in [-0.39, 0.29) is 6.01 Å². The van der Waals surface area contributed by atoms with Gasteiger partial charge in [-0.2, -0.15) is 4.98 Å². The Hall–Kier alpha value is -2.55. The van der Waals surface area contributed by atoms with E-state index in [1.807, 2.05) is 32.0 Å². The van der Waals surface area contributed by atoms with Gasteiger partial charge in [0.2, 0.25) is 0 Å². The Labute approximate surface area is 125 Å². The van der Waals surface area contributed by atoms with Crippen LogP contribution in [0.4, 0.5) is 6.01 Å². The molecule has 3 heteroatoms. The van der Waals surface area contributed by atoms with Gasteiger partial charge in [-0.1, -0.05) is 68.5 Å². The molecule has 0 saturated carbocycles. The van der Waals surface area contributed by atoms with Crippen molar-refractivity contribution in [3.63, 3.8) is 0 Å². The van der Waals surface area contributed by atoms with Crippen LogP contribution in [0.25, 0.3) is 16.8 Å². The number of allylic oxidation sites excluding steroid dienone is 6. The van der Waals surface area contributed by atoms with Gasteiger partial charge in [-0.05, 0) is 17.6 Å². The summed E-state index contributed by atoms with van der Waals surface area (Å²) in [6.07, 6.45) is 13.1. The van der Waals surface area contributed by atoms with E-state index in [1.54, 1.807) is 6.26 Å². The summed E-state index contributed by atoms with van der Waals surface area (Å²) in [6, 6.07) is 8.30. The molecule has 3 rings (SSSR count). The van der Waals surface area contributed by atoms with E-state index in [9.17, 15) is 0 Å². The van der Waals surface area contributed by atoms with Crippen molar-refractivity contribution in [1.82, 2.24) is 4.98 Å². The lowest BCUT2D eigenvalue weighted by atomic mass is 9.97. The molecule has 2 N–H and O–H groups in total. The summed E-state index contributed by atoms with van der Waals surface area (Å²) in [5, 5.41) is 0. The normalized spacial score (nSPS) is 13.1. The molecule has 0 aliphatic heterocycles. The van der Waals surface area contributed by atoms with Crippen LogP contribution in [0, 0.1) is 0 Å². The first kappa shape index (κ1) is 14.9. The topological polar surface area (TPSA) is 52.0 Å². The van der Waals surface area contributed by atoms with Gasteiger partial charge in [0.05, 0.1) is 0 Å². The van der Waals surface area contributed by atoms with Gasteiger partial charge >= 0.3 is 0 Å². The molecule has 1 aromatic heterocycles. The molecule has 108 valence electrons. The Kier molecular flexibility index (Phi) is 5.16. The lowest BCUT2D eigenvalue weighted by Crippen LogP contribution is -1.89. The number of nitrogens with zero attached hydrogens (tertiary/aromatic N) is 1. The average molecular weight is 280 g/mol. The van der Waals surface area contributed by atoms with Crippen molar-refractivity contribution in [2.45, 2.75) is 20.3 Å². The maximum Gasteiger partial charge on any atom is 0.292 e. The van der Waals surface area contributed by atoms with E-state index in [2.05, 4.69) is 41.4 Å². The fourth-order valence-electron chi connectivity index (χ4n) is 2.13. The Morgan fingerprint density at radius 3 is 2.57 bits per heavy atom. The maximum atomic E-state index is 5.55. The maximum absolute atomic E-state index is 5.55. The van der Waals surface area contributed by atoms with Crippen LogP contribution >= 0.6 is 0 Å². The van der Waals surface area contributed by atoms with Crippen molar-refractivity contribution in [2.75, 3.05) is 5.73 Å². The zero-order valence-corrected chi connectivity index (χ0v) is 12.4. The van der Waals surface area contributed by atoms with Crippen LogP contribution in [-0.2, 0) is 0 Å². The predicted octanol–water partition coefficient (Wildman–Crippen LogP) is 4.85. The fraction of sp³-hybridized carbons (Fsp3) is 0.167. The van der Waals surface area contributed by atoms with Crippen LogP contribution < -0.4 is 5.73 Å². The molecule has 0 saturated heterocycles. The number of aromatic nitrogens is 1. The molecule has 1 aromatic carbocycles. The Morgan fingerprint density at radius 1 is 1.10 bits per heavy atom. The number of anilines is 1. The summed E-state index contributed by atoms with van der Waals surface area (Å²) in [7, 11) is 0. The third-order valence-corrected chi connectivity index (χ3v) is 3.02. The minimum Gasteiger partial charge on any atom is -0.432 e. The van der Waals surface area contributed by atoms with Gasteiger partial charge in [-0.3, -0.25) is 0 Å². The largest absolute Gasteiger partial charge is 0.432 e. The highest BCUT2D eigenvalue weighted by molar-refractivity contribution is 5.85. The number of nitrogen functional groups attached to an aromatic ring is 1. The van der Waals surface area contributed by atoms with Gasteiger partial charge < -0.3 is 10.2 Å². The third-order valence-electron chi connectivity index (χ3n) is 3.02. The molecule has 1 aliphatic rings. The minimum absolute atomic E-state index is 0.190. The third kappa shape index (κ3) is 3.51. The summed E-state index contributed by atoms with van der Waals surface area (Å²) in [5.41, 5.74) is 9.62. The lowest BCUT2D eigenvalue weighted by molar-refractivity contribution is 0.581. The van der Waals surface area contributed by atoms with E-state index < -0.39 is 0 Å². The predicted molar refractivity (Wildman–Crippen MR) is 88.6 cm³/mol. The van der Waals surface area contributed by atoms with Gasteiger partial charge in [-0.15, -0.1) is 0 Å². The van der Waals surface area contributed by atoms with E-state index >= 15 is 0 Å². The van der Waals surface area contributed by atoms with Gasteiger partial charge in [-0.25, -0.2) is 0 Å². The van der Waals surface area contributed by atoms with Crippen molar-refractivity contribution >= 4 is 11.6 Å². The number of hydrogen-bond acceptors (Lipinski definition) is 3. The Bertz CT molecular complexity index is 678. The lowest BCUT2D eigenvalue weighted by Gasteiger charge is -2.07. The first-order chi connectivity index (χ1) is 10.3. The van der Waals surface area contributed by atoms with Crippen molar-refractivity contribution < 1.29 is 4.42 Å². The second kappa shape index (κ2) is 7.29. The van der Waals surface area contributed by atoms with Crippen LogP contribution in [0.15, 0.2) is 65.3 Å². The first-order valence-electron chi connectivity index (χ1n) is 7.19. The molecule has 0 radical (unpaired) electrons. The van der Waals surface area contributed by atoms with Gasteiger partial charge in [0.1, 0.15) is 12.0 Å². The van der Waals surface area contributed by atoms with Gasteiger partial charge in [0.15, 0.2) is 0 Å².